The van der Waals surface area contributed by atoms with Gasteiger partial charge in [-0.25, -0.2) is 0 Å². The minimum Gasteiger partial charge on any atom is -0.376 e. The van der Waals surface area contributed by atoms with E-state index in [1.807, 2.05) is 17.5 Å². The van der Waals surface area contributed by atoms with Crippen LogP contribution in [-0.2, 0) is 4.74 Å². The van der Waals surface area contributed by atoms with Gasteiger partial charge in [0, 0.05) is 26.3 Å². The minimum atomic E-state index is -0.132. The van der Waals surface area contributed by atoms with E-state index < -0.39 is 0 Å². The second-order valence-electron chi connectivity index (χ2n) is 4.87. The molecular formula is C14H16N2O3S. The number of carbonyl (C=O) groups is 1. The summed E-state index contributed by atoms with van der Waals surface area (Å²) in [5.41, 5.74) is 0.342. The number of hydrogen-bond donors (Lipinski definition) is 0. The largest absolute Gasteiger partial charge is 0.376 e. The van der Waals surface area contributed by atoms with Crippen molar-refractivity contribution in [3.8, 4) is 10.6 Å². The zero-order valence-corrected chi connectivity index (χ0v) is 12.1. The van der Waals surface area contributed by atoms with Gasteiger partial charge in [-0.1, -0.05) is 11.2 Å². The van der Waals surface area contributed by atoms with Gasteiger partial charge in [0.15, 0.2) is 11.5 Å². The number of nitrogens with zero attached hydrogens (tertiary/aromatic N) is 2. The van der Waals surface area contributed by atoms with Gasteiger partial charge in [0.2, 0.25) is 0 Å². The first kappa shape index (κ1) is 13.3. The first-order valence-electron chi connectivity index (χ1n) is 6.61. The van der Waals surface area contributed by atoms with Crippen LogP contribution < -0.4 is 0 Å². The van der Waals surface area contributed by atoms with Crippen molar-refractivity contribution >= 4 is 17.2 Å². The highest BCUT2D eigenvalue weighted by Gasteiger charge is 2.23. The summed E-state index contributed by atoms with van der Waals surface area (Å²) in [7, 11) is 1.77. The molecule has 0 aromatic carbocycles. The number of aromatic nitrogens is 1. The summed E-state index contributed by atoms with van der Waals surface area (Å²) in [6.45, 7) is 1.39. The molecule has 3 heterocycles. The molecule has 3 rings (SSSR count). The lowest BCUT2D eigenvalue weighted by Gasteiger charge is -2.19. The predicted molar refractivity (Wildman–Crippen MR) is 75.8 cm³/mol. The fraction of sp³-hybridized carbons (Fsp3) is 0.429. The van der Waals surface area contributed by atoms with Crippen molar-refractivity contribution in [3.05, 3.63) is 29.3 Å². The maximum absolute atomic E-state index is 12.3. The van der Waals surface area contributed by atoms with Gasteiger partial charge in [-0.3, -0.25) is 4.79 Å². The van der Waals surface area contributed by atoms with Gasteiger partial charge in [0.25, 0.3) is 5.91 Å². The fourth-order valence-corrected chi connectivity index (χ4v) is 2.96. The average Bonchev–Trinajstić information content (AvgIpc) is 3.18. The molecule has 1 fully saturated rings. The van der Waals surface area contributed by atoms with Crippen molar-refractivity contribution in [2.45, 2.75) is 18.9 Å². The molecule has 2 aromatic rings. The number of likely N-dealkylation sites (N-methyl/N-ethyl adjacent to an activating group) is 1. The fourth-order valence-electron chi connectivity index (χ4n) is 2.28. The number of hydrogen-bond acceptors (Lipinski definition) is 5. The highest BCUT2D eigenvalue weighted by Crippen LogP contribution is 2.25. The number of rotatable bonds is 4. The van der Waals surface area contributed by atoms with Gasteiger partial charge >= 0.3 is 0 Å². The topological polar surface area (TPSA) is 55.6 Å². The van der Waals surface area contributed by atoms with Gasteiger partial charge in [0.05, 0.1) is 11.0 Å². The first-order chi connectivity index (χ1) is 9.74. The van der Waals surface area contributed by atoms with Crippen LogP contribution in [0.2, 0.25) is 0 Å². The molecule has 0 N–H and O–H groups in total. The Morgan fingerprint density at radius 3 is 3.20 bits per heavy atom. The Hall–Kier alpha value is -1.66. The van der Waals surface area contributed by atoms with Gasteiger partial charge in [-0.15, -0.1) is 11.3 Å². The van der Waals surface area contributed by atoms with E-state index in [-0.39, 0.29) is 12.0 Å². The van der Waals surface area contributed by atoms with Gasteiger partial charge in [-0.05, 0) is 24.3 Å². The second-order valence-corrected chi connectivity index (χ2v) is 5.82. The van der Waals surface area contributed by atoms with Crippen LogP contribution in [0.3, 0.4) is 0 Å². The van der Waals surface area contributed by atoms with Crippen LogP contribution in [0.15, 0.2) is 28.1 Å². The molecule has 1 aliphatic heterocycles. The molecule has 20 heavy (non-hydrogen) atoms. The highest BCUT2D eigenvalue weighted by molar-refractivity contribution is 7.13. The molecule has 6 heteroatoms. The van der Waals surface area contributed by atoms with E-state index in [4.69, 9.17) is 9.26 Å². The normalized spacial score (nSPS) is 18.4. The smallest absolute Gasteiger partial charge is 0.275 e. The van der Waals surface area contributed by atoms with Crippen LogP contribution >= 0.6 is 11.3 Å². The van der Waals surface area contributed by atoms with Crippen molar-refractivity contribution in [2.24, 2.45) is 0 Å². The lowest BCUT2D eigenvalue weighted by Crippen LogP contribution is -2.34. The van der Waals surface area contributed by atoms with Crippen molar-refractivity contribution in [1.29, 1.82) is 0 Å². The molecule has 0 saturated carbocycles. The van der Waals surface area contributed by atoms with Crippen LogP contribution in [0.4, 0.5) is 0 Å². The third kappa shape index (κ3) is 2.76. The number of ether oxygens (including phenoxy) is 1. The second kappa shape index (κ2) is 5.76. The van der Waals surface area contributed by atoms with E-state index >= 15 is 0 Å². The molecule has 5 nitrogen and oxygen atoms in total. The summed E-state index contributed by atoms with van der Waals surface area (Å²) in [6, 6.07) is 5.57. The van der Waals surface area contributed by atoms with E-state index in [0.29, 0.717) is 18.0 Å². The lowest BCUT2D eigenvalue weighted by molar-refractivity contribution is 0.0579. The molecule has 1 saturated heterocycles. The molecule has 0 spiro atoms. The first-order valence-corrected chi connectivity index (χ1v) is 7.49. The van der Waals surface area contributed by atoms with E-state index in [2.05, 4.69) is 5.16 Å². The van der Waals surface area contributed by atoms with Gasteiger partial charge in [0.1, 0.15) is 0 Å². The van der Waals surface area contributed by atoms with Gasteiger partial charge in [-0.2, -0.15) is 0 Å². The third-order valence-electron chi connectivity index (χ3n) is 3.34. The quantitative estimate of drug-likeness (QED) is 0.869. The van der Waals surface area contributed by atoms with Gasteiger partial charge < -0.3 is 14.2 Å². The Morgan fingerprint density at radius 1 is 1.60 bits per heavy atom. The van der Waals surface area contributed by atoms with Crippen LogP contribution in [0.5, 0.6) is 0 Å². The summed E-state index contributed by atoms with van der Waals surface area (Å²) < 4.78 is 10.8. The van der Waals surface area contributed by atoms with Crippen molar-refractivity contribution in [3.63, 3.8) is 0 Å². The van der Waals surface area contributed by atoms with E-state index in [9.17, 15) is 4.79 Å². The summed E-state index contributed by atoms with van der Waals surface area (Å²) in [4.78, 5) is 14.9. The number of thiophene rings is 1. The number of amides is 1. The third-order valence-corrected chi connectivity index (χ3v) is 4.23. The summed E-state index contributed by atoms with van der Waals surface area (Å²) in [5, 5.41) is 5.83. The van der Waals surface area contributed by atoms with Crippen LogP contribution in [0.1, 0.15) is 23.3 Å². The molecular weight excluding hydrogens is 276 g/mol. The zero-order valence-electron chi connectivity index (χ0n) is 11.2. The molecule has 0 bridgehead atoms. The van der Waals surface area contributed by atoms with E-state index in [1.165, 1.54) is 0 Å². The standard InChI is InChI=1S/C14H16N2O3S/c1-16(9-10-4-2-6-18-10)14(17)11-8-12(19-15-11)13-5-3-7-20-13/h3,5,7-8,10H,2,4,6,9H2,1H3. The summed E-state index contributed by atoms with van der Waals surface area (Å²) >= 11 is 1.56. The predicted octanol–water partition coefficient (Wildman–Crippen LogP) is 2.65. The molecule has 1 atom stereocenters. The monoisotopic (exact) mass is 292 g/mol. The Labute approximate surface area is 121 Å². The maximum atomic E-state index is 12.3. The minimum absolute atomic E-state index is 0.132. The van der Waals surface area contributed by atoms with Crippen LogP contribution in [0, 0.1) is 0 Å². The molecule has 2 aromatic heterocycles. The van der Waals surface area contributed by atoms with Crippen LogP contribution in [0.25, 0.3) is 10.6 Å². The molecule has 1 amide bonds. The highest BCUT2D eigenvalue weighted by atomic mass is 32.1. The molecule has 1 unspecified atom stereocenters. The SMILES string of the molecule is CN(CC1CCCO1)C(=O)c1cc(-c2cccs2)on1. The van der Waals surface area contributed by atoms with Crippen LogP contribution in [-0.4, -0.2) is 42.3 Å². The van der Waals surface area contributed by atoms with E-state index in [1.54, 1.807) is 29.4 Å². The average molecular weight is 292 g/mol. The summed E-state index contributed by atoms with van der Waals surface area (Å²) in [6.07, 6.45) is 2.23. The molecule has 0 aliphatic carbocycles. The molecule has 0 radical (unpaired) electrons. The zero-order chi connectivity index (χ0) is 13.9. The Kier molecular flexibility index (Phi) is 3.84. The Bertz CT molecular complexity index is 573. The Morgan fingerprint density at radius 2 is 2.50 bits per heavy atom. The molecule has 1 aliphatic rings. The Balaban J connectivity index is 1.67. The van der Waals surface area contributed by atoms with Crippen molar-refractivity contribution in [1.82, 2.24) is 10.1 Å². The van der Waals surface area contributed by atoms with Crippen molar-refractivity contribution in [2.75, 3.05) is 20.2 Å². The lowest BCUT2D eigenvalue weighted by atomic mass is 10.2. The molecule has 106 valence electrons. The summed E-state index contributed by atoms with van der Waals surface area (Å²) in [5.74, 6) is 0.501. The van der Waals surface area contributed by atoms with E-state index in [0.717, 1.165) is 24.3 Å². The maximum Gasteiger partial charge on any atom is 0.275 e. The number of carbonyl (C=O) groups excluding carboxylic acids is 1. The van der Waals surface area contributed by atoms with Crippen molar-refractivity contribution < 1.29 is 14.1 Å².